The van der Waals surface area contributed by atoms with Gasteiger partial charge in [0.1, 0.15) is 9.84 Å². The molecule has 3 atom stereocenters. The van der Waals surface area contributed by atoms with Gasteiger partial charge in [-0.2, -0.15) is 0 Å². The van der Waals surface area contributed by atoms with Crippen LogP contribution in [0, 0.1) is 5.92 Å². The summed E-state index contributed by atoms with van der Waals surface area (Å²) >= 11 is 0. The maximum atomic E-state index is 11.6. The monoisotopic (exact) mass is 276 g/mol. The molecule has 0 aliphatic heterocycles. The molecule has 0 aromatic rings. The molecule has 1 aliphatic rings. The van der Waals surface area contributed by atoms with Gasteiger partial charge in [0, 0.05) is 6.26 Å². The third-order valence-electron chi connectivity index (χ3n) is 4.17. The standard InChI is InChI=1S/C14H28O3S/c1-3-4-5-6-10-14(15)12-8-7-9-13(11-12)18(2,16)17/h12-15H,3-11H2,1-2H3. The van der Waals surface area contributed by atoms with Crippen molar-refractivity contribution in [3.05, 3.63) is 0 Å². The Hall–Kier alpha value is -0.0900. The average molecular weight is 276 g/mol. The van der Waals surface area contributed by atoms with Gasteiger partial charge in [0.05, 0.1) is 11.4 Å². The largest absolute Gasteiger partial charge is 0.393 e. The van der Waals surface area contributed by atoms with Gasteiger partial charge in [-0.05, 0) is 31.6 Å². The zero-order valence-electron chi connectivity index (χ0n) is 11.8. The molecule has 1 rings (SSSR count). The first kappa shape index (κ1) is 16.0. The molecular weight excluding hydrogens is 248 g/mol. The third kappa shape index (κ3) is 5.27. The first-order valence-electron chi connectivity index (χ1n) is 7.32. The van der Waals surface area contributed by atoms with E-state index in [2.05, 4.69) is 6.92 Å². The van der Waals surface area contributed by atoms with Crippen LogP contribution in [0.5, 0.6) is 0 Å². The van der Waals surface area contributed by atoms with Gasteiger partial charge < -0.3 is 5.11 Å². The van der Waals surface area contributed by atoms with Gasteiger partial charge in [0.15, 0.2) is 0 Å². The zero-order chi connectivity index (χ0) is 13.6. The summed E-state index contributed by atoms with van der Waals surface area (Å²) in [5.74, 6) is 0.195. The van der Waals surface area contributed by atoms with E-state index in [1.165, 1.54) is 25.5 Å². The van der Waals surface area contributed by atoms with E-state index in [1.807, 2.05) is 0 Å². The molecule has 18 heavy (non-hydrogen) atoms. The molecule has 0 aromatic heterocycles. The van der Waals surface area contributed by atoms with Crippen LogP contribution < -0.4 is 0 Å². The highest BCUT2D eigenvalue weighted by Crippen LogP contribution is 2.32. The van der Waals surface area contributed by atoms with E-state index in [0.717, 1.165) is 32.1 Å². The van der Waals surface area contributed by atoms with Crippen molar-refractivity contribution in [1.82, 2.24) is 0 Å². The molecule has 0 radical (unpaired) electrons. The summed E-state index contributed by atoms with van der Waals surface area (Å²) in [6.45, 7) is 2.17. The Balaban J connectivity index is 2.36. The molecular formula is C14H28O3S. The van der Waals surface area contributed by atoms with Crippen LogP contribution in [0.15, 0.2) is 0 Å². The zero-order valence-corrected chi connectivity index (χ0v) is 12.6. The topological polar surface area (TPSA) is 54.4 Å². The molecule has 3 nitrogen and oxygen atoms in total. The van der Waals surface area contributed by atoms with Gasteiger partial charge in [0.2, 0.25) is 0 Å². The van der Waals surface area contributed by atoms with Gasteiger partial charge >= 0.3 is 0 Å². The van der Waals surface area contributed by atoms with Crippen LogP contribution in [-0.4, -0.2) is 31.1 Å². The molecule has 0 aromatic carbocycles. The molecule has 0 heterocycles. The van der Waals surface area contributed by atoms with Crippen molar-refractivity contribution in [2.45, 2.75) is 76.1 Å². The number of unbranched alkanes of at least 4 members (excludes halogenated alkanes) is 3. The lowest BCUT2D eigenvalue weighted by atomic mass is 9.83. The molecule has 1 aliphatic carbocycles. The summed E-state index contributed by atoms with van der Waals surface area (Å²) < 4.78 is 23.1. The number of hydrogen-bond acceptors (Lipinski definition) is 3. The summed E-state index contributed by atoms with van der Waals surface area (Å²) in [5, 5.41) is 9.94. The van der Waals surface area contributed by atoms with Gasteiger partial charge in [-0.1, -0.05) is 39.0 Å². The van der Waals surface area contributed by atoms with Crippen molar-refractivity contribution >= 4 is 9.84 Å². The molecule has 0 amide bonds. The van der Waals surface area contributed by atoms with Crippen LogP contribution in [-0.2, 0) is 9.84 Å². The van der Waals surface area contributed by atoms with E-state index >= 15 is 0 Å². The Morgan fingerprint density at radius 3 is 2.56 bits per heavy atom. The van der Waals surface area contributed by atoms with Crippen molar-refractivity contribution < 1.29 is 13.5 Å². The molecule has 1 saturated carbocycles. The van der Waals surface area contributed by atoms with Gasteiger partial charge in [0.25, 0.3) is 0 Å². The Bertz CT molecular complexity index is 324. The third-order valence-corrected chi connectivity index (χ3v) is 5.81. The van der Waals surface area contributed by atoms with E-state index in [-0.39, 0.29) is 17.3 Å². The minimum absolute atomic E-state index is 0.195. The fourth-order valence-electron chi connectivity index (χ4n) is 2.94. The molecule has 0 bridgehead atoms. The van der Waals surface area contributed by atoms with E-state index in [0.29, 0.717) is 6.42 Å². The number of aliphatic hydroxyl groups is 1. The highest BCUT2D eigenvalue weighted by molar-refractivity contribution is 7.91. The van der Waals surface area contributed by atoms with Crippen LogP contribution in [0.1, 0.15) is 64.7 Å². The molecule has 1 fully saturated rings. The summed E-state index contributed by atoms with van der Waals surface area (Å²) in [4.78, 5) is 0. The quantitative estimate of drug-likeness (QED) is 0.727. The van der Waals surface area contributed by atoms with E-state index in [4.69, 9.17) is 0 Å². The molecule has 3 unspecified atom stereocenters. The lowest BCUT2D eigenvalue weighted by Crippen LogP contribution is -2.33. The summed E-state index contributed by atoms with van der Waals surface area (Å²) in [6.07, 6.45) is 9.89. The first-order valence-corrected chi connectivity index (χ1v) is 9.27. The summed E-state index contributed by atoms with van der Waals surface area (Å²) in [5.41, 5.74) is 0. The van der Waals surface area contributed by atoms with E-state index < -0.39 is 9.84 Å². The predicted octanol–water partition coefficient (Wildman–Crippen LogP) is 2.92. The number of sulfone groups is 1. The van der Waals surface area contributed by atoms with Crippen molar-refractivity contribution in [2.24, 2.45) is 5.92 Å². The van der Waals surface area contributed by atoms with Gasteiger partial charge in [-0.3, -0.25) is 0 Å². The van der Waals surface area contributed by atoms with Crippen molar-refractivity contribution in [3.8, 4) is 0 Å². The number of hydrogen-bond donors (Lipinski definition) is 1. The molecule has 4 heteroatoms. The Labute approximate surface area is 112 Å². The van der Waals surface area contributed by atoms with Crippen LogP contribution >= 0.6 is 0 Å². The van der Waals surface area contributed by atoms with Crippen LogP contribution in [0.3, 0.4) is 0 Å². The SMILES string of the molecule is CCCCCCC(O)C1CCCC(S(C)(=O)=O)C1. The lowest BCUT2D eigenvalue weighted by Gasteiger charge is -2.31. The number of rotatable bonds is 7. The Morgan fingerprint density at radius 1 is 1.22 bits per heavy atom. The van der Waals surface area contributed by atoms with E-state index in [9.17, 15) is 13.5 Å². The van der Waals surface area contributed by atoms with Crippen molar-refractivity contribution in [3.63, 3.8) is 0 Å². The normalized spacial score (nSPS) is 27.1. The van der Waals surface area contributed by atoms with Gasteiger partial charge in [-0.25, -0.2) is 8.42 Å². The highest BCUT2D eigenvalue weighted by Gasteiger charge is 2.31. The molecule has 0 spiro atoms. The molecule has 0 saturated heterocycles. The number of aliphatic hydroxyl groups excluding tert-OH is 1. The molecule has 108 valence electrons. The Kier molecular flexibility index (Phi) is 6.64. The van der Waals surface area contributed by atoms with Crippen LogP contribution in [0.4, 0.5) is 0 Å². The highest BCUT2D eigenvalue weighted by atomic mass is 32.2. The molecule has 1 N–H and O–H groups in total. The van der Waals surface area contributed by atoms with Gasteiger partial charge in [-0.15, -0.1) is 0 Å². The van der Waals surface area contributed by atoms with Crippen LogP contribution in [0.2, 0.25) is 0 Å². The minimum Gasteiger partial charge on any atom is -0.393 e. The minimum atomic E-state index is -2.93. The summed E-state index contributed by atoms with van der Waals surface area (Å²) in [7, 11) is -2.93. The predicted molar refractivity (Wildman–Crippen MR) is 75.4 cm³/mol. The van der Waals surface area contributed by atoms with Crippen molar-refractivity contribution in [1.29, 1.82) is 0 Å². The second kappa shape index (κ2) is 7.49. The fourth-order valence-corrected chi connectivity index (χ4v) is 4.13. The van der Waals surface area contributed by atoms with Crippen LogP contribution in [0.25, 0.3) is 0 Å². The smallest absolute Gasteiger partial charge is 0.150 e. The second-order valence-corrected chi connectivity index (χ2v) is 8.12. The Morgan fingerprint density at radius 2 is 1.94 bits per heavy atom. The summed E-state index contributed by atoms with van der Waals surface area (Å²) in [6, 6.07) is 0. The maximum absolute atomic E-state index is 11.6. The second-order valence-electron chi connectivity index (χ2n) is 5.79. The van der Waals surface area contributed by atoms with E-state index in [1.54, 1.807) is 0 Å². The lowest BCUT2D eigenvalue weighted by molar-refractivity contribution is 0.0756. The maximum Gasteiger partial charge on any atom is 0.150 e. The fraction of sp³-hybridized carbons (Fsp3) is 1.00. The first-order chi connectivity index (χ1) is 8.45. The van der Waals surface area contributed by atoms with Crippen molar-refractivity contribution in [2.75, 3.05) is 6.26 Å². The average Bonchev–Trinajstić information content (AvgIpc) is 2.33.